The number of ether oxygens (including phenoxy) is 1. The van der Waals surface area contributed by atoms with Gasteiger partial charge in [0.15, 0.2) is 0 Å². The number of ketones is 1. The summed E-state index contributed by atoms with van der Waals surface area (Å²) >= 11 is 0. The van der Waals surface area contributed by atoms with Crippen LogP contribution in [-0.4, -0.2) is 23.5 Å². The van der Waals surface area contributed by atoms with Gasteiger partial charge in [0.1, 0.15) is 5.78 Å². The van der Waals surface area contributed by atoms with Crippen LogP contribution in [0.25, 0.3) is 0 Å². The Morgan fingerprint density at radius 3 is 2.62 bits per heavy atom. The van der Waals surface area contributed by atoms with E-state index in [4.69, 9.17) is 4.74 Å². The topological polar surface area (TPSA) is 38.3 Å². The molecule has 0 aromatic heterocycles. The highest BCUT2D eigenvalue weighted by Crippen LogP contribution is 2.44. The Hall–Kier alpha value is -1.19. The van der Waals surface area contributed by atoms with E-state index in [9.17, 15) is 4.79 Å². The first-order valence-corrected chi connectivity index (χ1v) is 7.83. The van der Waals surface area contributed by atoms with Crippen molar-refractivity contribution >= 4 is 5.78 Å². The number of Topliss-reactive ketones (excluding diaryl/α,β-unsaturated/α-hetero) is 1. The van der Waals surface area contributed by atoms with Crippen molar-refractivity contribution in [2.75, 3.05) is 6.54 Å². The molecule has 1 aromatic carbocycles. The van der Waals surface area contributed by atoms with Gasteiger partial charge < -0.3 is 10.1 Å². The van der Waals surface area contributed by atoms with Gasteiger partial charge in [0.05, 0.1) is 17.1 Å². The minimum Gasteiger partial charge on any atom is -0.369 e. The van der Waals surface area contributed by atoms with Crippen LogP contribution < -0.4 is 5.32 Å². The summed E-state index contributed by atoms with van der Waals surface area (Å²) in [4.78, 5) is 13.1. The molecule has 3 nitrogen and oxygen atoms in total. The van der Waals surface area contributed by atoms with E-state index < -0.39 is 0 Å². The summed E-state index contributed by atoms with van der Waals surface area (Å²) in [5.41, 5.74) is 1.85. The molecule has 3 heteroatoms. The number of carbonyl (C=O) groups excluding carboxylic acids is 1. The fraction of sp³-hybridized carbons (Fsp3) is 0.611. The number of carbonyl (C=O) groups is 1. The molecule has 1 N–H and O–H groups in total. The lowest BCUT2D eigenvalue weighted by atomic mass is 9.76. The number of nitrogens with one attached hydrogen (secondary N) is 1. The molecule has 0 saturated carbocycles. The molecule has 0 amide bonds. The van der Waals surface area contributed by atoms with Crippen molar-refractivity contribution in [3.8, 4) is 0 Å². The van der Waals surface area contributed by atoms with Gasteiger partial charge in [0.2, 0.25) is 0 Å². The quantitative estimate of drug-likeness (QED) is 0.908. The fourth-order valence-electron chi connectivity index (χ4n) is 4.00. The van der Waals surface area contributed by atoms with Gasteiger partial charge in [0.25, 0.3) is 0 Å². The molecular weight excluding hydrogens is 262 g/mol. The summed E-state index contributed by atoms with van der Waals surface area (Å²) in [5, 5.41) is 3.38. The lowest BCUT2D eigenvalue weighted by Crippen LogP contribution is -2.41. The first-order chi connectivity index (χ1) is 9.80. The maximum absolute atomic E-state index is 13.1. The van der Waals surface area contributed by atoms with Crippen LogP contribution in [0.3, 0.4) is 0 Å². The highest BCUT2D eigenvalue weighted by atomic mass is 16.5. The smallest absolute Gasteiger partial charge is 0.147 e. The van der Waals surface area contributed by atoms with Crippen LogP contribution in [0.5, 0.6) is 0 Å². The minimum absolute atomic E-state index is 0.0366. The van der Waals surface area contributed by atoms with Crippen molar-refractivity contribution in [1.29, 1.82) is 0 Å². The molecule has 0 spiro atoms. The number of fused-ring (bicyclic) bond motifs is 1. The van der Waals surface area contributed by atoms with Crippen LogP contribution in [0.15, 0.2) is 24.3 Å². The number of benzene rings is 1. The number of hydrogen-bond acceptors (Lipinski definition) is 3. The third-order valence-corrected chi connectivity index (χ3v) is 4.86. The van der Waals surface area contributed by atoms with E-state index >= 15 is 0 Å². The van der Waals surface area contributed by atoms with Gasteiger partial charge in [-0.15, -0.1) is 0 Å². The van der Waals surface area contributed by atoms with E-state index in [1.807, 2.05) is 26.0 Å². The summed E-state index contributed by atoms with van der Waals surface area (Å²) in [6.45, 7) is 9.85. The summed E-state index contributed by atoms with van der Waals surface area (Å²) in [6, 6.07) is 8.29. The Morgan fingerprint density at radius 1 is 1.24 bits per heavy atom. The Labute approximate surface area is 127 Å². The first-order valence-electron chi connectivity index (χ1n) is 7.83. The zero-order valence-corrected chi connectivity index (χ0v) is 13.4. The first kappa shape index (κ1) is 14.7. The molecule has 3 rings (SSSR count). The monoisotopic (exact) mass is 287 g/mol. The molecule has 2 aliphatic rings. The predicted octanol–water partition coefficient (Wildman–Crippen LogP) is 3.04. The van der Waals surface area contributed by atoms with Crippen molar-refractivity contribution in [1.82, 2.24) is 5.32 Å². The molecule has 1 aromatic rings. The van der Waals surface area contributed by atoms with Gasteiger partial charge in [-0.3, -0.25) is 4.79 Å². The summed E-state index contributed by atoms with van der Waals surface area (Å²) in [5.74, 6) is 0.243. The van der Waals surface area contributed by atoms with Crippen LogP contribution in [0.4, 0.5) is 0 Å². The van der Waals surface area contributed by atoms with E-state index in [0.29, 0.717) is 5.78 Å². The van der Waals surface area contributed by atoms with Crippen LogP contribution >= 0.6 is 0 Å². The summed E-state index contributed by atoms with van der Waals surface area (Å²) in [7, 11) is 0. The highest BCUT2D eigenvalue weighted by molar-refractivity contribution is 5.90. The van der Waals surface area contributed by atoms with Gasteiger partial charge in [0, 0.05) is 19.0 Å². The predicted molar refractivity (Wildman–Crippen MR) is 83.2 cm³/mol. The Morgan fingerprint density at radius 2 is 1.95 bits per heavy atom. The second-order valence-electron chi connectivity index (χ2n) is 7.51. The number of hydrogen-bond donors (Lipinski definition) is 1. The molecule has 2 unspecified atom stereocenters. The fourth-order valence-corrected chi connectivity index (χ4v) is 4.00. The van der Waals surface area contributed by atoms with Gasteiger partial charge >= 0.3 is 0 Å². The van der Waals surface area contributed by atoms with Crippen molar-refractivity contribution < 1.29 is 9.53 Å². The molecule has 1 saturated heterocycles. The van der Waals surface area contributed by atoms with Crippen LogP contribution in [-0.2, 0) is 16.1 Å². The molecule has 1 fully saturated rings. The normalized spacial score (nSPS) is 29.9. The molecule has 0 bridgehead atoms. The summed E-state index contributed by atoms with van der Waals surface area (Å²) in [6.07, 6.45) is 0.803. The van der Waals surface area contributed by atoms with Crippen molar-refractivity contribution in [3.63, 3.8) is 0 Å². The minimum atomic E-state index is -0.382. The third kappa shape index (κ3) is 2.65. The Kier molecular flexibility index (Phi) is 3.45. The number of rotatable bonds is 2. The van der Waals surface area contributed by atoms with E-state index in [2.05, 4.69) is 31.3 Å². The van der Waals surface area contributed by atoms with E-state index in [-0.39, 0.29) is 23.0 Å². The SMILES string of the molecule is CC1(C)CC(C(=O)C2CNCc3ccccc32)C(C)(C)O1. The second kappa shape index (κ2) is 4.92. The molecule has 0 radical (unpaired) electrons. The molecule has 21 heavy (non-hydrogen) atoms. The molecule has 2 aliphatic heterocycles. The van der Waals surface area contributed by atoms with Crippen molar-refractivity contribution in [3.05, 3.63) is 35.4 Å². The van der Waals surface area contributed by atoms with Gasteiger partial charge in [-0.25, -0.2) is 0 Å². The molecule has 114 valence electrons. The van der Waals surface area contributed by atoms with E-state index in [1.165, 1.54) is 11.1 Å². The maximum Gasteiger partial charge on any atom is 0.147 e. The van der Waals surface area contributed by atoms with E-state index in [1.54, 1.807) is 0 Å². The highest BCUT2D eigenvalue weighted by Gasteiger charge is 2.50. The average Bonchev–Trinajstić information content (AvgIpc) is 2.65. The summed E-state index contributed by atoms with van der Waals surface area (Å²) < 4.78 is 6.11. The molecule has 2 atom stereocenters. The van der Waals surface area contributed by atoms with E-state index in [0.717, 1.165) is 19.5 Å². The zero-order valence-electron chi connectivity index (χ0n) is 13.4. The van der Waals surface area contributed by atoms with Gasteiger partial charge in [-0.1, -0.05) is 24.3 Å². The molecule has 2 heterocycles. The average molecular weight is 287 g/mol. The Bertz CT molecular complexity index is 562. The zero-order chi connectivity index (χ0) is 15.3. The van der Waals surface area contributed by atoms with Gasteiger partial charge in [-0.2, -0.15) is 0 Å². The Balaban J connectivity index is 1.90. The third-order valence-electron chi connectivity index (χ3n) is 4.86. The second-order valence-corrected chi connectivity index (χ2v) is 7.51. The van der Waals surface area contributed by atoms with Crippen LogP contribution in [0, 0.1) is 5.92 Å². The van der Waals surface area contributed by atoms with Crippen LogP contribution in [0.1, 0.15) is 51.2 Å². The van der Waals surface area contributed by atoms with Crippen molar-refractivity contribution in [2.24, 2.45) is 5.92 Å². The standard InChI is InChI=1S/C18H25NO2/c1-17(2)9-15(18(3,4)21-17)16(20)14-11-19-10-12-7-5-6-8-13(12)14/h5-8,14-15,19H,9-11H2,1-4H3. The van der Waals surface area contributed by atoms with Crippen molar-refractivity contribution in [2.45, 2.75) is 57.8 Å². The van der Waals surface area contributed by atoms with Crippen LogP contribution in [0.2, 0.25) is 0 Å². The van der Waals surface area contributed by atoms with Gasteiger partial charge in [-0.05, 0) is 45.2 Å². The lowest BCUT2D eigenvalue weighted by molar-refractivity contribution is -0.131. The largest absolute Gasteiger partial charge is 0.369 e. The molecule has 0 aliphatic carbocycles. The molecular formula is C18H25NO2. The maximum atomic E-state index is 13.1. The lowest BCUT2D eigenvalue weighted by Gasteiger charge is -2.31.